The largest absolute Gasteiger partial charge is 0.489 e. The molecule has 0 fully saturated rings. The van der Waals surface area contributed by atoms with E-state index in [1.807, 2.05) is 0 Å². The van der Waals surface area contributed by atoms with Crippen LogP contribution in [0, 0.1) is 5.82 Å². The number of rotatable bonds is 8. The molecule has 0 radical (unpaired) electrons. The van der Waals surface area contributed by atoms with Gasteiger partial charge >= 0.3 is 0 Å². The summed E-state index contributed by atoms with van der Waals surface area (Å²) in [5, 5.41) is 3.39. The van der Waals surface area contributed by atoms with Gasteiger partial charge in [0.05, 0.1) is 0 Å². The Morgan fingerprint density at radius 2 is 1.57 bits per heavy atom. The van der Waals surface area contributed by atoms with Crippen LogP contribution in [0.25, 0.3) is 0 Å². The molecule has 3 heteroatoms. The van der Waals surface area contributed by atoms with Crippen molar-refractivity contribution in [1.82, 2.24) is 5.32 Å². The van der Waals surface area contributed by atoms with Crippen LogP contribution in [0.1, 0.15) is 24.5 Å². The van der Waals surface area contributed by atoms with Crippen molar-refractivity contribution >= 4 is 0 Å². The van der Waals surface area contributed by atoms with Crippen molar-refractivity contribution in [2.45, 2.75) is 26.4 Å². The molecule has 112 valence electrons. The third kappa shape index (κ3) is 5.56. The smallest absolute Gasteiger partial charge is 0.123 e. The van der Waals surface area contributed by atoms with Gasteiger partial charge in [-0.2, -0.15) is 0 Å². The SMILES string of the molecule is CCCNCCc1ccc(COc2ccc(F)cc2)cc1. The summed E-state index contributed by atoms with van der Waals surface area (Å²) in [6, 6.07) is 14.5. The molecular weight excluding hydrogens is 265 g/mol. The average molecular weight is 287 g/mol. The Labute approximate surface area is 126 Å². The van der Waals surface area contributed by atoms with Gasteiger partial charge in [0, 0.05) is 0 Å². The van der Waals surface area contributed by atoms with E-state index >= 15 is 0 Å². The topological polar surface area (TPSA) is 21.3 Å². The lowest BCUT2D eigenvalue weighted by atomic mass is 10.1. The van der Waals surface area contributed by atoms with E-state index in [0.717, 1.165) is 25.1 Å². The van der Waals surface area contributed by atoms with E-state index in [1.54, 1.807) is 12.1 Å². The normalized spacial score (nSPS) is 10.6. The van der Waals surface area contributed by atoms with Crippen LogP contribution in [0.15, 0.2) is 48.5 Å². The number of hydrogen-bond donors (Lipinski definition) is 1. The number of nitrogens with one attached hydrogen (secondary N) is 1. The first kappa shape index (κ1) is 15.5. The second-order valence-corrected chi connectivity index (χ2v) is 5.06. The Morgan fingerprint density at radius 3 is 2.24 bits per heavy atom. The van der Waals surface area contributed by atoms with Crippen LogP contribution < -0.4 is 10.1 Å². The van der Waals surface area contributed by atoms with Crippen molar-refractivity contribution < 1.29 is 9.13 Å². The fraction of sp³-hybridized carbons (Fsp3) is 0.333. The van der Waals surface area contributed by atoms with Gasteiger partial charge < -0.3 is 10.1 Å². The molecule has 0 spiro atoms. The summed E-state index contributed by atoms with van der Waals surface area (Å²) in [5.74, 6) is 0.438. The highest BCUT2D eigenvalue weighted by molar-refractivity contribution is 5.25. The summed E-state index contributed by atoms with van der Waals surface area (Å²) in [7, 11) is 0. The fourth-order valence-electron chi connectivity index (χ4n) is 2.03. The summed E-state index contributed by atoms with van der Waals surface area (Å²) in [5.41, 5.74) is 2.44. The van der Waals surface area contributed by atoms with Crippen molar-refractivity contribution in [3.63, 3.8) is 0 Å². The lowest BCUT2D eigenvalue weighted by molar-refractivity contribution is 0.305. The monoisotopic (exact) mass is 287 g/mol. The summed E-state index contributed by atoms with van der Waals surface area (Å²) in [6.07, 6.45) is 2.21. The van der Waals surface area contributed by atoms with Crippen LogP contribution in [0.3, 0.4) is 0 Å². The van der Waals surface area contributed by atoms with Crippen molar-refractivity contribution in [3.05, 3.63) is 65.5 Å². The minimum absolute atomic E-state index is 0.247. The van der Waals surface area contributed by atoms with E-state index in [1.165, 1.54) is 24.1 Å². The Morgan fingerprint density at radius 1 is 0.905 bits per heavy atom. The second kappa shape index (κ2) is 8.42. The fourth-order valence-corrected chi connectivity index (χ4v) is 2.03. The van der Waals surface area contributed by atoms with Gasteiger partial charge in [0.2, 0.25) is 0 Å². The Kier molecular flexibility index (Phi) is 6.22. The first-order chi connectivity index (χ1) is 10.3. The summed E-state index contributed by atoms with van der Waals surface area (Å²) >= 11 is 0. The van der Waals surface area contributed by atoms with E-state index < -0.39 is 0 Å². The summed E-state index contributed by atoms with van der Waals surface area (Å²) in [6.45, 7) is 4.76. The molecular formula is C18H22FNO. The van der Waals surface area contributed by atoms with Gasteiger partial charge in [-0.15, -0.1) is 0 Å². The molecule has 2 rings (SSSR count). The Bertz CT molecular complexity index is 522. The molecule has 0 aromatic heterocycles. The highest BCUT2D eigenvalue weighted by atomic mass is 19.1. The van der Waals surface area contributed by atoms with Gasteiger partial charge in [0.1, 0.15) is 18.2 Å². The van der Waals surface area contributed by atoms with E-state index in [2.05, 4.69) is 36.5 Å². The van der Waals surface area contributed by atoms with Crippen molar-refractivity contribution in [3.8, 4) is 5.75 Å². The summed E-state index contributed by atoms with van der Waals surface area (Å²) < 4.78 is 18.4. The highest BCUT2D eigenvalue weighted by Crippen LogP contribution is 2.14. The molecule has 0 heterocycles. The predicted molar refractivity (Wildman–Crippen MR) is 84.0 cm³/mol. The van der Waals surface area contributed by atoms with Crippen LogP contribution in [0.4, 0.5) is 4.39 Å². The number of halogens is 1. The summed E-state index contributed by atoms with van der Waals surface area (Å²) in [4.78, 5) is 0. The molecule has 2 aromatic carbocycles. The van der Waals surface area contributed by atoms with Gasteiger partial charge in [-0.1, -0.05) is 31.2 Å². The molecule has 0 saturated carbocycles. The van der Waals surface area contributed by atoms with Crippen molar-refractivity contribution in [2.75, 3.05) is 13.1 Å². The maximum absolute atomic E-state index is 12.8. The standard InChI is InChI=1S/C18H22FNO/c1-2-12-20-13-11-15-3-5-16(6-4-15)14-21-18-9-7-17(19)8-10-18/h3-10,20H,2,11-14H2,1H3. The molecule has 0 saturated heterocycles. The molecule has 0 bridgehead atoms. The van der Waals surface area contributed by atoms with Crippen molar-refractivity contribution in [1.29, 1.82) is 0 Å². The molecule has 0 atom stereocenters. The number of benzene rings is 2. The predicted octanol–water partition coefficient (Wildman–Crippen LogP) is 3.95. The molecule has 1 N–H and O–H groups in total. The van der Waals surface area contributed by atoms with Gasteiger partial charge in [0.25, 0.3) is 0 Å². The number of hydrogen-bond acceptors (Lipinski definition) is 2. The first-order valence-electron chi connectivity index (χ1n) is 7.45. The lowest BCUT2D eigenvalue weighted by Gasteiger charge is -2.08. The van der Waals surface area contributed by atoms with Crippen LogP contribution in [0.2, 0.25) is 0 Å². The van der Waals surface area contributed by atoms with E-state index in [-0.39, 0.29) is 5.82 Å². The molecule has 0 unspecified atom stereocenters. The minimum Gasteiger partial charge on any atom is -0.489 e. The maximum Gasteiger partial charge on any atom is 0.123 e. The van der Waals surface area contributed by atoms with E-state index in [9.17, 15) is 4.39 Å². The quantitative estimate of drug-likeness (QED) is 0.742. The Balaban J connectivity index is 1.78. The van der Waals surface area contributed by atoms with E-state index in [4.69, 9.17) is 4.74 Å². The third-order valence-electron chi connectivity index (χ3n) is 3.26. The van der Waals surface area contributed by atoms with Crippen LogP contribution in [0.5, 0.6) is 5.75 Å². The third-order valence-corrected chi connectivity index (χ3v) is 3.26. The van der Waals surface area contributed by atoms with Crippen LogP contribution >= 0.6 is 0 Å². The van der Waals surface area contributed by atoms with Gasteiger partial charge in [-0.25, -0.2) is 4.39 Å². The molecule has 2 nitrogen and oxygen atoms in total. The Hall–Kier alpha value is -1.87. The van der Waals surface area contributed by atoms with Crippen molar-refractivity contribution in [2.24, 2.45) is 0 Å². The average Bonchev–Trinajstić information content (AvgIpc) is 2.52. The van der Waals surface area contributed by atoms with Gasteiger partial charge in [0.15, 0.2) is 0 Å². The first-order valence-corrected chi connectivity index (χ1v) is 7.45. The molecule has 21 heavy (non-hydrogen) atoms. The highest BCUT2D eigenvalue weighted by Gasteiger charge is 1.98. The van der Waals surface area contributed by atoms with Gasteiger partial charge in [-0.05, 0) is 61.3 Å². The van der Waals surface area contributed by atoms with Crippen LogP contribution in [-0.4, -0.2) is 13.1 Å². The minimum atomic E-state index is -0.247. The molecule has 0 aliphatic carbocycles. The zero-order valence-electron chi connectivity index (χ0n) is 12.4. The molecule has 2 aromatic rings. The van der Waals surface area contributed by atoms with Gasteiger partial charge in [-0.3, -0.25) is 0 Å². The van der Waals surface area contributed by atoms with E-state index in [0.29, 0.717) is 12.4 Å². The zero-order chi connectivity index (χ0) is 14.9. The number of ether oxygens (including phenoxy) is 1. The maximum atomic E-state index is 12.8. The molecule has 0 amide bonds. The second-order valence-electron chi connectivity index (χ2n) is 5.06. The van der Waals surface area contributed by atoms with Crippen LogP contribution in [-0.2, 0) is 13.0 Å². The lowest BCUT2D eigenvalue weighted by Crippen LogP contribution is -2.17. The molecule has 0 aliphatic heterocycles. The zero-order valence-corrected chi connectivity index (χ0v) is 12.4. The molecule has 0 aliphatic rings.